The number of hydrogen-bond donors (Lipinski definition) is 1. The number of ether oxygens (including phenoxy) is 3. The maximum absolute atomic E-state index is 13.3. The van der Waals surface area contributed by atoms with Crippen LogP contribution in [0.5, 0.6) is 17.2 Å². The predicted octanol–water partition coefficient (Wildman–Crippen LogP) is 3.79. The van der Waals surface area contributed by atoms with Crippen molar-refractivity contribution in [3.05, 3.63) is 58.7 Å². The third kappa shape index (κ3) is 4.91. The molecule has 1 amide bonds. The van der Waals surface area contributed by atoms with Gasteiger partial charge in [-0.05, 0) is 76.3 Å². The zero-order valence-corrected chi connectivity index (χ0v) is 21.5. The van der Waals surface area contributed by atoms with Crippen molar-refractivity contribution in [1.29, 1.82) is 0 Å². The molecule has 8 heteroatoms. The summed E-state index contributed by atoms with van der Waals surface area (Å²) in [5.74, 6) is 0.358. The minimum atomic E-state index is -0.761. The van der Waals surface area contributed by atoms with Crippen LogP contribution in [0.15, 0.2) is 42.0 Å². The molecule has 192 valence electrons. The van der Waals surface area contributed by atoms with E-state index >= 15 is 0 Å². The van der Waals surface area contributed by atoms with Gasteiger partial charge in [0, 0.05) is 25.1 Å². The lowest BCUT2D eigenvalue weighted by Gasteiger charge is -2.27. The van der Waals surface area contributed by atoms with E-state index in [2.05, 4.69) is 0 Å². The highest BCUT2D eigenvalue weighted by molar-refractivity contribution is 6.46. The molecule has 0 radical (unpaired) electrons. The summed E-state index contributed by atoms with van der Waals surface area (Å²) >= 11 is 0. The van der Waals surface area contributed by atoms with Gasteiger partial charge in [0.15, 0.2) is 11.5 Å². The van der Waals surface area contributed by atoms with Gasteiger partial charge in [-0.3, -0.25) is 9.59 Å². The molecule has 2 aliphatic rings. The van der Waals surface area contributed by atoms with Crippen molar-refractivity contribution in [2.24, 2.45) is 0 Å². The number of rotatable bonds is 9. The van der Waals surface area contributed by atoms with Crippen LogP contribution < -0.4 is 14.2 Å². The third-order valence-electron chi connectivity index (χ3n) is 6.38. The fraction of sp³-hybridized carbons (Fsp3) is 0.429. The van der Waals surface area contributed by atoms with E-state index in [1.54, 1.807) is 24.3 Å². The maximum atomic E-state index is 13.3. The molecular formula is C28H34N2O6. The predicted molar refractivity (Wildman–Crippen MR) is 137 cm³/mol. The molecule has 4 rings (SSSR count). The zero-order chi connectivity index (χ0) is 26.0. The number of aliphatic hydroxyl groups excluding tert-OH is 1. The molecule has 2 aromatic carbocycles. The fourth-order valence-electron chi connectivity index (χ4n) is 4.73. The molecular weight excluding hydrogens is 460 g/mol. The first kappa shape index (κ1) is 25.6. The SMILES string of the molecule is CCOc1ccc([C@H]2/C(=C(\O)c3ccc4c(c3)C[C@H](C)O4)C(=O)C(=O)N2CCN(C)C)cc1OCC. The Bertz CT molecular complexity index is 1190. The van der Waals surface area contributed by atoms with E-state index in [9.17, 15) is 14.7 Å². The molecule has 2 aromatic rings. The van der Waals surface area contributed by atoms with Crippen LogP contribution in [0.4, 0.5) is 0 Å². The van der Waals surface area contributed by atoms with Crippen molar-refractivity contribution in [2.45, 2.75) is 39.3 Å². The number of benzene rings is 2. The van der Waals surface area contributed by atoms with E-state index in [0.717, 1.165) is 11.3 Å². The van der Waals surface area contributed by atoms with Crippen molar-refractivity contribution in [3.63, 3.8) is 0 Å². The van der Waals surface area contributed by atoms with Crippen LogP contribution in [0, 0.1) is 0 Å². The van der Waals surface area contributed by atoms with E-state index in [-0.39, 0.29) is 17.4 Å². The van der Waals surface area contributed by atoms with Crippen molar-refractivity contribution in [3.8, 4) is 17.2 Å². The average molecular weight is 495 g/mol. The molecule has 36 heavy (non-hydrogen) atoms. The Balaban J connectivity index is 1.84. The van der Waals surface area contributed by atoms with Gasteiger partial charge in [0.05, 0.1) is 24.8 Å². The third-order valence-corrected chi connectivity index (χ3v) is 6.38. The van der Waals surface area contributed by atoms with Crippen molar-refractivity contribution in [2.75, 3.05) is 40.4 Å². The molecule has 0 spiro atoms. The second-order valence-electron chi connectivity index (χ2n) is 9.32. The highest BCUT2D eigenvalue weighted by Crippen LogP contribution is 2.42. The minimum Gasteiger partial charge on any atom is -0.507 e. The molecule has 0 saturated carbocycles. The van der Waals surface area contributed by atoms with Gasteiger partial charge in [-0.25, -0.2) is 0 Å². The van der Waals surface area contributed by atoms with Gasteiger partial charge in [-0.15, -0.1) is 0 Å². The zero-order valence-electron chi connectivity index (χ0n) is 21.5. The smallest absolute Gasteiger partial charge is 0.295 e. The van der Waals surface area contributed by atoms with Gasteiger partial charge in [0.2, 0.25) is 0 Å². The Kier molecular flexibility index (Phi) is 7.54. The second kappa shape index (κ2) is 10.6. The Morgan fingerprint density at radius 1 is 1.08 bits per heavy atom. The molecule has 2 aliphatic heterocycles. The number of aliphatic hydroxyl groups is 1. The van der Waals surface area contributed by atoms with Gasteiger partial charge >= 0.3 is 0 Å². The van der Waals surface area contributed by atoms with Crippen LogP contribution in [-0.2, 0) is 16.0 Å². The van der Waals surface area contributed by atoms with Crippen LogP contribution in [0.3, 0.4) is 0 Å². The lowest BCUT2D eigenvalue weighted by atomic mass is 9.94. The summed E-state index contributed by atoms with van der Waals surface area (Å²) in [7, 11) is 3.81. The molecule has 1 saturated heterocycles. The number of likely N-dealkylation sites (N-methyl/N-ethyl adjacent to an activating group) is 1. The summed E-state index contributed by atoms with van der Waals surface area (Å²) < 4.78 is 17.3. The molecule has 0 aliphatic carbocycles. The van der Waals surface area contributed by atoms with Crippen molar-refractivity contribution >= 4 is 17.4 Å². The summed E-state index contributed by atoms with van der Waals surface area (Å²) in [6, 6.07) is 9.99. The first-order chi connectivity index (χ1) is 17.2. The van der Waals surface area contributed by atoms with Crippen LogP contribution in [0.25, 0.3) is 5.76 Å². The van der Waals surface area contributed by atoms with Crippen LogP contribution in [0.1, 0.15) is 43.5 Å². The minimum absolute atomic E-state index is 0.0508. The van der Waals surface area contributed by atoms with Crippen LogP contribution in [-0.4, -0.2) is 73.1 Å². The topological polar surface area (TPSA) is 88.5 Å². The first-order valence-electron chi connectivity index (χ1n) is 12.4. The number of fused-ring (bicyclic) bond motifs is 1. The maximum Gasteiger partial charge on any atom is 0.295 e. The number of ketones is 1. The lowest BCUT2D eigenvalue weighted by Crippen LogP contribution is -2.35. The number of likely N-dealkylation sites (tertiary alicyclic amines) is 1. The number of nitrogens with zero attached hydrogens (tertiary/aromatic N) is 2. The highest BCUT2D eigenvalue weighted by atomic mass is 16.5. The number of carbonyl (C=O) groups excluding carboxylic acids is 2. The summed E-state index contributed by atoms with van der Waals surface area (Å²) in [5.41, 5.74) is 2.18. The molecule has 1 fully saturated rings. The van der Waals surface area contributed by atoms with E-state index in [1.807, 2.05) is 51.9 Å². The van der Waals surface area contributed by atoms with Crippen molar-refractivity contribution in [1.82, 2.24) is 9.80 Å². The summed E-state index contributed by atoms with van der Waals surface area (Å²) in [5, 5.41) is 11.4. The van der Waals surface area contributed by atoms with Gasteiger partial charge in [0.1, 0.15) is 17.6 Å². The number of amides is 1. The Morgan fingerprint density at radius 3 is 2.50 bits per heavy atom. The number of Topliss-reactive ketones (excluding diaryl/α,β-unsaturated/α-hetero) is 1. The highest BCUT2D eigenvalue weighted by Gasteiger charge is 2.46. The molecule has 0 aromatic heterocycles. The quantitative estimate of drug-likeness (QED) is 0.322. The summed E-state index contributed by atoms with van der Waals surface area (Å²) in [6.07, 6.45) is 0.767. The van der Waals surface area contributed by atoms with Crippen LogP contribution >= 0.6 is 0 Å². The lowest BCUT2D eigenvalue weighted by molar-refractivity contribution is -0.140. The van der Waals surface area contributed by atoms with E-state index in [1.165, 1.54) is 4.90 Å². The number of carbonyl (C=O) groups is 2. The summed E-state index contributed by atoms with van der Waals surface area (Å²) in [6.45, 7) is 7.55. The van der Waals surface area contributed by atoms with E-state index in [0.29, 0.717) is 55.4 Å². The normalized spacial score (nSPS) is 20.6. The first-order valence-corrected chi connectivity index (χ1v) is 12.4. The Labute approximate surface area is 212 Å². The van der Waals surface area contributed by atoms with Gasteiger partial charge < -0.3 is 29.1 Å². The number of hydrogen-bond acceptors (Lipinski definition) is 7. The monoisotopic (exact) mass is 494 g/mol. The van der Waals surface area contributed by atoms with Gasteiger partial charge in [0.25, 0.3) is 11.7 Å². The van der Waals surface area contributed by atoms with Gasteiger partial charge in [-0.2, -0.15) is 0 Å². The Morgan fingerprint density at radius 2 is 1.81 bits per heavy atom. The Hall–Kier alpha value is -3.52. The molecule has 2 heterocycles. The second-order valence-corrected chi connectivity index (χ2v) is 9.32. The van der Waals surface area contributed by atoms with Crippen molar-refractivity contribution < 1.29 is 28.9 Å². The molecule has 0 bridgehead atoms. The largest absolute Gasteiger partial charge is 0.507 e. The molecule has 0 unspecified atom stereocenters. The average Bonchev–Trinajstić information content (AvgIpc) is 3.34. The van der Waals surface area contributed by atoms with Crippen LogP contribution in [0.2, 0.25) is 0 Å². The van der Waals surface area contributed by atoms with E-state index in [4.69, 9.17) is 14.2 Å². The van der Waals surface area contributed by atoms with Gasteiger partial charge in [-0.1, -0.05) is 6.07 Å². The molecule has 1 N–H and O–H groups in total. The fourth-order valence-corrected chi connectivity index (χ4v) is 4.73. The standard InChI is InChI=1S/C28H34N2O6/c1-6-34-22-11-8-18(16-23(22)35-7-2)25-24(27(32)28(33)30(25)13-12-29(4)5)26(31)19-9-10-21-20(15-19)14-17(3)36-21/h8-11,15-17,25,31H,6-7,12-14H2,1-5H3/b26-24+/t17-,25-/m0/s1. The summed E-state index contributed by atoms with van der Waals surface area (Å²) in [4.78, 5) is 30.0. The van der Waals surface area contributed by atoms with E-state index < -0.39 is 17.7 Å². The molecule has 8 nitrogen and oxygen atoms in total. The molecule has 2 atom stereocenters.